The Hall–Kier alpha value is -1.66. The quantitative estimate of drug-likeness (QED) is 0.569. The minimum absolute atomic E-state index is 0. The summed E-state index contributed by atoms with van der Waals surface area (Å²) in [5.41, 5.74) is -1.30. The van der Waals surface area contributed by atoms with Gasteiger partial charge in [-0.05, 0) is 73.0 Å². The van der Waals surface area contributed by atoms with Crippen molar-refractivity contribution < 1.29 is 22.0 Å². The first kappa shape index (κ1) is 23.0. The number of nitrogens with one attached hydrogen (secondary N) is 1. The zero-order valence-corrected chi connectivity index (χ0v) is 17.6. The van der Waals surface area contributed by atoms with Crippen molar-refractivity contribution >= 4 is 12.4 Å². The molecule has 2 aromatic carbocycles. The van der Waals surface area contributed by atoms with Crippen molar-refractivity contribution in [3.05, 3.63) is 70.5 Å². The minimum atomic E-state index is -4.97. The first-order chi connectivity index (χ1) is 13.6. The van der Waals surface area contributed by atoms with Crippen LogP contribution >= 0.6 is 12.4 Å². The van der Waals surface area contributed by atoms with Crippen molar-refractivity contribution in [3.8, 4) is 0 Å². The summed E-state index contributed by atoms with van der Waals surface area (Å²) in [7, 11) is 0. The Morgan fingerprint density at radius 3 is 2.37 bits per heavy atom. The van der Waals surface area contributed by atoms with Crippen LogP contribution in [0.2, 0.25) is 0 Å². The van der Waals surface area contributed by atoms with Crippen molar-refractivity contribution in [1.29, 1.82) is 0 Å². The SMILES string of the molecule is C[C@@H]1CNC2CCc3cc(C(C)(F)C(F)(F)F)ccc3C21Cc1ccc(F)cc1.Cl. The lowest BCUT2D eigenvalue weighted by molar-refractivity contribution is -0.228. The van der Waals surface area contributed by atoms with E-state index in [2.05, 4.69) is 12.2 Å². The van der Waals surface area contributed by atoms with E-state index >= 15 is 0 Å². The number of alkyl halides is 4. The molecule has 1 nitrogen and oxygen atoms in total. The van der Waals surface area contributed by atoms with E-state index in [1.807, 2.05) is 0 Å². The molecule has 164 valence electrons. The van der Waals surface area contributed by atoms with Crippen molar-refractivity contribution in [2.45, 2.75) is 56.4 Å². The van der Waals surface area contributed by atoms with E-state index in [9.17, 15) is 22.0 Å². The first-order valence-corrected chi connectivity index (χ1v) is 9.93. The Bertz CT molecular complexity index is 909. The van der Waals surface area contributed by atoms with Crippen LogP contribution in [0.4, 0.5) is 22.0 Å². The van der Waals surface area contributed by atoms with Crippen LogP contribution in [-0.4, -0.2) is 18.8 Å². The predicted octanol–water partition coefficient (Wildman–Crippen LogP) is 6.03. The van der Waals surface area contributed by atoms with Crippen LogP contribution in [0, 0.1) is 11.7 Å². The second-order valence-electron chi connectivity index (χ2n) is 8.62. The monoisotopic (exact) mass is 445 g/mol. The molecule has 0 aromatic heterocycles. The van der Waals surface area contributed by atoms with Gasteiger partial charge in [0.05, 0.1) is 0 Å². The van der Waals surface area contributed by atoms with E-state index in [4.69, 9.17) is 0 Å². The van der Waals surface area contributed by atoms with Gasteiger partial charge in [-0.15, -0.1) is 12.4 Å². The van der Waals surface area contributed by atoms with Crippen molar-refractivity contribution in [2.24, 2.45) is 5.92 Å². The summed E-state index contributed by atoms with van der Waals surface area (Å²) in [5.74, 6) is -0.0645. The molecule has 2 aromatic rings. The highest BCUT2D eigenvalue weighted by atomic mass is 35.5. The molecule has 4 atom stereocenters. The van der Waals surface area contributed by atoms with Crippen LogP contribution in [0.3, 0.4) is 0 Å². The van der Waals surface area contributed by atoms with Gasteiger partial charge in [0.1, 0.15) is 5.82 Å². The molecule has 0 radical (unpaired) electrons. The maximum absolute atomic E-state index is 14.6. The number of aryl methyl sites for hydroxylation is 1. The van der Waals surface area contributed by atoms with Crippen LogP contribution < -0.4 is 5.32 Å². The molecule has 1 heterocycles. The number of halogens is 6. The lowest BCUT2D eigenvalue weighted by Gasteiger charge is -2.44. The highest BCUT2D eigenvalue weighted by molar-refractivity contribution is 5.85. The summed E-state index contributed by atoms with van der Waals surface area (Å²) >= 11 is 0. The molecular formula is C23H25ClF5N. The summed E-state index contributed by atoms with van der Waals surface area (Å²) in [6.45, 7) is 3.51. The first-order valence-electron chi connectivity index (χ1n) is 9.93. The van der Waals surface area contributed by atoms with Gasteiger partial charge in [-0.25, -0.2) is 8.78 Å². The molecule has 0 spiro atoms. The molecule has 4 rings (SSSR count). The Kier molecular flexibility index (Phi) is 5.98. The molecule has 1 N–H and O–H groups in total. The normalized spacial score (nSPS) is 27.6. The number of rotatable bonds is 3. The molecule has 1 aliphatic carbocycles. The van der Waals surface area contributed by atoms with Gasteiger partial charge in [0.15, 0.2) is 0 Å². The largest absolute Gasteiger partial charge is 0.426 e. The maximum Gasteiger partial charge on any atom is 0.426 e. The second kappa shape index (κ2) is 7.79. The highest BCUT2D eigenvalue weighted by Gasteiger charge is 2.55. The van der Waals surface area contributed by atoms with Gasteiger partial charge < -0.3 is 5.32 Å². The van der Waals surface area contributed by atoms with E-state index in [0.717, 1.165) is 29.7 Å². The van der Waals surface area contributed by atoms with Gasteiger partial charge in [-0.2, -0.15) is 13.2 Å². The van der Waals surface area contributed by atoms with Gasteiger partial charge in [-0.3, -0.25) is 0 Å². The van der Waals surface area contributed by atoms with Crippen LogP contribution in [0.5, 0.6) is 0 Å². The number of benzene rings is 2. The van der Waals surface area contributed by atoms with E-state index in [1.54, 1.807) is 18.2 Å². The van der Waals surface area contributed by atoms with Gasteiger partial charge in [-0.1, -0.05) is 37.3 Å². The molecule has 7 heteroatoms. The predicted molar refractivity (Wildman–Crippen MR) is 109 cm³/mol. The van der Waals surface area contributed by atoms with Gasteiger partial charge in [0, 0.05) is 11.5 Å². The molecule has 1 fully saturated rings. The van der Waals surface area contributed by atoms with E-state index < -0.39 is 11.8 Å². The van der Waals surface area contributed by atoms with E-state index in [1.165, 1.54) is 24.3 Å². The maximum atomic E-state index is 14.6. The number of fused-ring (bicyclic) bond motifs is 3. The zero-order valence-electron chi connectivity index (χ0n) is 16.8. The van der Waals surface area contributed by atoms with Crippen molar-refractivity contribution in [3.63, 3.8) is 0 Å². The van der Waals surface area contributed by atoms with Crippen LogP contribution in [0.25, 0.3) is 0 Å². The molecule has 2 aliphatic rings. The van der Waals surface area contributed by atoms with Gasteiger partial charge in [0.2, 0.25) is 5.67 Å². The lowest BCUT2D eigenvalue weighted by Crippen LogP contribution is -2.48. The van der Waals surface area contributed by atoms with E-state index in [-0.39, 0.29) is 41.2 Å². The summed E-state index contributed by atoms with van der Waals surface area (Å²) < 4.78 is 67.5. The standard InChI is InChI=1S/C23H24F5N.ClH/c1-14-13-29-20-10-5-16-11-17(21(2,25)23(26,27)28)6-9-19(16)22(14,20)12-15-3-7-18(24)8-4-15;/h3-4,6-9,11,14,20,29H,5,10,12-13H2,1-2H3;1H/t14-,20?,21?,22?;/m1./s1. The fourth-order valence-electron chi connectivity index (χ4n) is 5.18. The second-order valence-corrected chi connectivity index (χ2v) is 8.62. The van der Waals surface area contributed by atoms with Gasteiger partial charge >= 0.3 is 6.18 Å². The number of hydrogen-bond donors (Lipinski definition) is 1. The van der Waals surface area contributed by atoms with E-state index in [0.29, 0.717) is 19.8 Å². The van der Waals surface area contributed by atoms with Crippen LogP contribution in [0.15, 0.2) is 42.5 Å². The topological polar surface area (TPSA) is 12.0 Å². The Morgan fingerprint density at radius 1 is 1.07 bits per heavy atom. The molecule has 1 aliphatic heterocycles. The Labute approximate surface area is 179 Å². The minimum Gasteiger partial charge on any atom is -0.313 e. The molecular weight excluding hydrogens is 421 g/mol. The third-order valence-electron chi connectivity index (χ3n) is 6.97. The molecule has 1 saturated heterocycles. The van der Waals surface area contributed by atoms with Crippen LogP contribution in [-0.2, 0) is 23.9 Å². The van der Waals surface area contributed by atoms with Gasteiger partial charge in [0.25, 0.3) is 0 Å². The third-order valence-corrected chi connectivity index (χ3v) is 6.97. The van der Waals surface area contributed by atoms with Crippen molar-refractivity contribution in [1.82, 2.24) is 5.32 Å². The zero-order chi connectivity index (χ0) is 21.0. The summed E-state index contributed by atoms with van der Waals surface area (Å²) in [4.78, 5) is 0. The summed E-state index contributed by atoms with van der Waals surface area (Å²) in [5, 5.41) is 3.56. The molecule has 0 amide bonds. The summed E-state index contributed by atoms with van der Waals surface area (Å²) in [6.07, 6.45) is -2.93. The summed E-state index contributed by atoms with van der Waals surface area (Å²) in [6, 6.07) is 10.9. The highest BCUT2D eigenvalue weighted by Crippen LogP contribution is 2.50. The third kappa shape index (κ3) is 3.52. The average molecular weight is 446 g/mol. The fraction of sp³-hybridized carbons (Fsp3) is 0.478. The molecule has 3 unspecified atom stereocenters. The smallest absolute Gasteiger partial charge is 0.313 e. The van der Waals surface area contributed by atoms with Crippen LogP contribution in [0.1, 0.15) is 42.5 Å². The molecule has 0 bridgehead atoms. The Balaban J connectivity index is 0.00000256. The number of hydrogen-bond acceptors (Lipinski definition) is 1. The Morgan fingerprint density at radius 2 is 1.73 bits per heavy atom. The molecule has 0 saturated carbocycles. The lowest BCUT2D eigenvalue weighted by atomic mass is 9.60. The molecule has 30 heavy (non-hydrogen) atoms. The average Bonchev–Trinajstić information content (AvgIpc) is 2.99. The van der Waals surface area contributed by atoms with Crippen molar-refractivity contribution in [2.75, 3.05) is 6.54 Å². The fourth-order valence-corrected chi connectivity index (χ4v) is 5.18.